The Kier molecular flexibility index (Phi) is 7.83. The molecule has 7 nitrogen and oxygen atoms in total. The molecule has 3 aromatic rings. The molecule has 4 rings (SSSR count). The van der Waals surface area contributed by atoms with Gasteiger partial charge in [-0.2, -0.15) is 0 Å². The quantitative estimate of drug-likeness (QED) is 0.431. The lowest BCUT2D eigenvalue weighted by Crippen LogP contribution is -2.33. The number of methoxy groups -OCH3 is 1. The van der Waals surface area contributed by atoms with Crippen LogP contribution in [0.15, 0.2) is 54.7 Å². The summed E-state index contributed by atoms with van der Waals surface area (Å²) < 4.78 is 7.60. The third-order valence-electron chi connectivity index (χ3n) is 6.56. The molecule has 1 aliphatic heterocycles. The highest BCUT2D eigenvalue weighted by Crippen LogP contribution is 2.40. The summed E-state index contributed by atoms with van der Waals surface area (Å²) in [4.78, 5) is 19.5. The van der Waals surface area contributed by atoms with Gasteiger partial charge in [-0.1, -0.05) is 23.8 Å². The number of anilines is 1. The number of ether oxygens (including phenoxy) is 1. The lowest BCUT2D eigenvalue weighted by Gasteiger charge is -2.28. The molecular weight excluding hydrogens is 458 g/mol. The number of carbonyl (C=O) groups excluding carboxylic acids is 1. The smallest absolute Gasteiger partial charge is 0.226 e. The number of aryl methyl sites for hydroxylation is 2. The van der Waals surface area contributed by atoms with E-state index in [2.05, 4.69) is 45.0 Å². The van der Waals surface area contributed by atoms with Crippen molar-refractivity contribution in [2.45, 2.75) is 45.8 Å². The monoisotopic (exact) mass is 491 g/mol. The Morgan fingerprint density at radius 2 is 1.91 bits per heavy atom. The first-order chi connectivity index (χ1) is 16.9. The predicted molar refractivity (Wildman–Crippen MR) is 142 cm³/mol. The molecule has 1 aromatic carbocycles. The minimum absolute atomic E-state index is 0.0396. The molecule has 0 bridgehead atoms. The first-order valence-electron chi connectivity index (χ1n) is 11.9. The minimum atomic E-state index is -0.111. The fourth-order valence-electron chi connectivity index (χ4n) is 4.72. The topological polar surface area (TPSA) is 71.4 Å². The molecule has 1 amide bonds. The van der Waals surface area contributed by atoms with E-state index in [0.717, 1.165) is 23.5 Å². The van der Waals surface area contributed by atoms with Gasteiger partial charge in [-0.25, -0.2) is 0 Å². The number of pyridine rings is 1. The van der Waals surface area contributed by atoms with Crippen LogP contribution < -0.4 is 10.6 Å². The minimum Gasteiger partial charge on any atom is -0.383 e. The fraction of sp³-hybridized carbons (Fsp3) is 0.370. The van der Waals surface area contributed by atoms with Crippen LogP contribution in [-0.4, -0.2) is 45.7 Å². The SMILES string of the molecule is COCCn1c(C)cc([C@H]2[C@@H](c3ccccn3)NC(=S)N2CCC(=O)Nc2ccc(C)cc2)c1C. The van der Waals surface area contributed by atoms with Gasteiger partial charge in [0.25, 0.3) is 0 Å². The second-order valence-corrected chi connectivity index (χ2v) is 9.34. The first-order valence-corrected chi connectivity index (χ1v) is 12.3. The molecule has 2 atom stereocenters. The van der Waals surface area contributed by atoms with Gasteiger partial charge in [0.2, 0.25) is 5.91 Å². The summed E-state index contributed by atoms with van der Waals surface area (Å²) >= 11 is 5.77. The molecule has 2 N–H and O–H groups in total. The third-order valence-corrected chi connectivity index (χ3v) is 6.92. The van der Waals surface area contributed by atoms with E-state index in [4.69, 9.17) is 17.0 Å². The molecule has 0 unspecified atom stereocenters. The maximum absolute atomic E-state index is 12.8. The van der Waals surface area contributed by atoms with Crippen molar-refractivity contribution in [1.82, 2.24) is 19.8 Å². The summed E-state index contributed by atoms with van der Waals surface area (Å²) in [5.74, 6) is -0.0396. The Bertz CT molecular complexity index is 1180. The summed E-state index contributed by atoms with van der Waals surface area (Å²) in [7, 11) is 1.72. The predicted octanol–water partition coefficient (Wildman–Crippen LogP) is 4.46. The number of amides is 1. The normalized spacial score (nSPS) is 17.5. The molecule has 3 heterocycles. The van der Waals surface area contributed by atoms with Crippen LogP contribution in [0.3, 0.4) is 0 Å². The first kappa shape index (κ1) is 24.9. The van der Waals surface area contributed by atoms with E-state index in [0.29, 0.717) is 24.7 Å². The summed E-state index contributed by atoms with van der Waals surface area (Å²) in [5.41, 5.74) is 6.40. The van der Waals surface area contributed by atoms with Gasteiger partial charge in [0.15, 0.2) is 5.11 Å². The van der Waals surface area contributed by atoms with Gasteiger partial charge >= 0.3 is 0 Å². The molecule has 0 saturated carbocycles. The maximum Gasteiger partial charge on any atom is 0.226 e. The zero-order chi connectivity index (χ0) is 24.9. The van der Waals surface area contributed by atoms with Gasteiger partial charge in [0.05, 0.1) is 24.4 Å². The highest BCUT2D eigenvalue weighted by atomic mass is 32.1. The number of thiocarbonyl (C=S) groups is 1. The van der Waals surface area contributed by atoms with Crippen molar-refractivity contribution in [3.63, 3.8) is 0 Å². The number of aromatic nitrogens is 2. The van der Waals surface area contributed by atoms with Crippen molar-refractivity contribution in [2.75, 3.05) is 25.6 Å². The van der Waals surface area contributed by atoms with Crippen molar-refractivity contribution < 1.29 is 9.53 Å². The van der Waals surface area contributed by atoms with Gasteiger partial charge in [-0.05, 0) is 68.9 Å². The number of benzene rings is 1. The van der Waals surface area contributed by atoms with E-state index >= 15 is 0 Å². The van der Waals surface area contributed by atoms with Crippen LogP contribution in [0.1, 0.15) is 46.7 Å². The second kappa shape index (κ2) is 11.0. The van der Waals surface area contributed by atoms with Crippen LogP contribution in [-0.2, 0) is 16.1 Å². The van der Waals surface area contributed by atoms with Gasteiger partial charge in [0, 0.05) is 49.9 Å². The average molecular weight is 492 g/mol. The van der Waals surface area contributed by atoms with Crippen LogP contribution in [0.4, 0.5) is 5.69 Å². The van der Waals surface area contributed by atoms with E-state index in [9.17, 15) is 4.79 Å². The highest BCUT2D eigenvalue weighted by Gasteiger charge is 2.41. The van der Waals surface area contributed by atoms with E-state index in [-0.39, 0.29) is 18.0 Å². The molecule has 184 valence electrons. The van der Waals surface area contributed by atoms with Crippen molar-refractivity contribution in [2.24, 2.45) is 0 Å². The average Bonchev–Trinajstić information content (AvgIpc) is 3.33. The molecule has 8 heteroatoms. The summed E-state index contributed by atoms with van der Waals surface area (Å²) in [6.07, 6.45) is 2.13. The second-order valence-electron chi connectivity index (χ2n) is 8.96. The number of hydrogen-bond donors (Lipinski definition) is 2. The third kappa shape index (κ3) is 5.55. The summed E-state index contributed by atoms with van der Waals surface area (Å²) in [5, 5.41) is 7.11. The highest BCUT2D eigenvalue weighted by molar-refractivity contribution is 7.80. The number of hydrogen-bond acceptors (Lipinski definition) is 4. The number of carbonyl (C=O) groups is 1. The Balaban J connectivity index is 1.59. The van der Waals surface area contributed by atoms with Crippen molar-refractivity contribution in [3.05, 3.63) is 82.9 Å². The van der Waals surface area contributed by atoms with Crippen LogP contribution in [0, 0.1) is 20.8 Å². The molecule has 1 saturated heterocycles. The molecule has 0 spiro atoms. The molecular formula is C27H33N5O2S. The summed E-state index contributed by atoms with van der Waals surface area (Å²) in [6, 6.07) is 15.8. The van der Waals surface area contributed by atoms with E-state index in [1.807, 2.05) is 49.4 Å². The Morgan fingerprint density at radius 3 is 2.60 bits per heavy atom. The molecule has 35 heavy (non-hydrogen) atoms. The summed E-state index contributed by atoms with van der Waals surface area (Å²) in [6.45, 7) is 8.20. The molecule has 2 aromatic heterocycles. The van der Waals surface area contributed by atoms with E-state index in [1.165, 1.54) is 17.0 Å². The number of nitrogens with one attached hydrogen (secondary N) is 2. The van der Waals surface area contributed by atoms with Crippen molar-refractivity contribution in [3.8, 4) is 0 Å². The zero-order valence-corrected chi connectivity index (χ0v) is 21.6. The van der Waals surface area contributed by atoms with Crippen molar-refractivity contribution in [1.29, 1.82) is 0 Å². The van der Waals surface area contributed by atoms with Crippen LogP contribution in [0.2, 0.25) is 0 Å². The fourth-order valence-corrected chi connectivity index (χ4v) is 5.05. The lowest BCUT2D eigenvalue weighted by molar-refractivity contribution is -0.116. The molecule has 0 radical (unpaired) electrons. The van der Waals surface area contributed by atoms with Gasteiger partial charge in [-0.15, -0.1) is 0 Å². The van der Waals surface area contributed by atoms with Crippen LogP contribution in [0.5, 0.6) is 0 Å². The Hall–Kier alpha value is -3.23. The van der Waals surface area contributed by atoms with E-state index < -0.39 is 0 Å². The number of nitrogens with zero attached hydrogens (tertiary/aromatic N) is 3. The molecule has 1 aliphatic rings. The van der Waals surface area contributed by atoms with Crippen LogP contribution in [0.25, 0.3) is 0 Å². The Morgan fingerprint density at radius 1 is 1.14 bits per heavy atom. The zero-order valence-electron chi connectivity index (χ0n) is 20.7. The van der Waals surface area contributed by atoms with Gasteiger partial charge in [-0.3, -0.25) is 9.78 Å². The maximum atomic E-state index is 12.8. The molecule has 0 aliphatic carbocycles. The van der Waals surface area contributed by atoms with Gasteiger partial charge in [0.1, 0.15) is 0 Å². The van der Waals surface area contributed by atoms with Crippen LogP contribution >= 0.6 is 12.2 Å². The van der Waals surface area contributed by atoms with Crippen molar-refractivity contribution >= 4 is 28.9 Å². The molecule has 1 fully saturated rings. The van der Waals surface area contributed by atoms with Gasteiger partial charge < -0.3 is 24.8 Å². The Labute approximate surface area is 212 Å². The lowest BCUT2D eigenvalue weighted by atomic mass is 9.96. The van der Waals surface area contributed by atoms with E-state index in [1.54, 1.807) is 13.3 Å². The largest absolute Gasteiger partial charge is 0.383 e. The standard InChI is InChI=1S/C27H33N5O2S/c1-18-8-10-21(11-9-18)29-24(33)12-14-32-26(22-17-19(2)31(20(22)3)15-16-34-4)25(30-27(32)35)23-7-5-6-13-28-23/h5-11,13,17,25-26H,12,14-16H2,1-4H3,(H,29,33)(H,30,35)/t25-,26+/m1/s1. The number of rotatable bonds is 9.